The molecule has 1 heterocycles. The van der Waals surface area contributed by atoms with Crippen LogP contribution in [0.25, 0.3) is 0 Å². The van der Waals surface area contributed by atoms with Gasteiger partial charge in [-0.25, -0.2) is 0 Å². The van der Waals surface area contributed by atoms with Crippen LogP contribution < -0.4 is 10.1 Å². The summed E-state index contributed by atoms with van der Waals surface area (Å²) in [7, 11) is 2.06. The number of aromatic nitrogens is 1. The monoisotopic (exact) mass is 290 g/mol. The van der Waals surface area contributed by atoms with Crippen LogP contribution in [0.5, 0.6) is 5.75 Å². The molecule has 0 aliphatic heterocycles. The van der Waals surface area contributed by atoms with E-state index in [0.29, 0.717) is 18.4 Å². The Hall–Kier alpha value is -1.09. The summed E-state index contributed by atoms with van der Waals surface area (Å²) in [5.74, 6) is 3.82. The molecule has 3 heteroatoms. The predicted molar refractivity (Wildman–Crippen MR) is 87.7 cm³/mol. The predicted octanol–water partition coefficient (Wildman–Crippen LogP) is 3.86. The fourth-order valence-electron chi connectivity index (χ4n) is 3.67. The third kappa shape index (κ3) is 4.19. The van der Waals surface area contributed by atoms with E-state index in [4.69, 9.17) is 4.74 Å². The van der Waals surface area contributed by atoms with E-state index >= 15 is 0 Å². The maximum absolute atomic E-state index is 5.63. The average Bonchev–Trinajstić information content (AvgIpc) is 2.48. The van der Waals surface area contributed by atoms with Crippen molar-refractivity contribution >= 4 is 0 Å². The molecule has 1 saturated carbocycles. The zero-order valence-corrected chi connectivity index (χ0v) is 13.9. The summed E-state index contributed by atoms with van der Waals surface area (Å²) in [5, 5.41) is 3.37. The fraction of sp³-hybridized carbons (Fsp3) is 0.722. The minimum Gasteiger partial charge on any atom is -0.492 e. The quantitative estimate of drug-likeness (QED) is 0.864. The van der Waals surface area contributed by atoms with Gasteiger partial charge in [-0.3, -0.25) is 4.98 Å². The van der Waals surface area contributed by atoms with Crippen LogP contribution in [-0.2, 0) is 0 Å². The van der Waals surface area contributed by atoms with Gasteiger partial charge in [-0.1, -0.05) is 13.8 Å². The van der Waals surface area contributed by atoms with Crippen molar-refractivity contribution in [2.24, 2.45) is 17.8 Å². The molecule has 0 amide bonds. The molecule has 0 saturated heterocycles. The summed E-state index contributed by atoms with van der Waals surface area (Å²) < 4.78 is 5.63. The van der Waals surface area contributed by atoms with Gasteiger partial charge in [0.2, 0.25) is 0 Å². The Labute approximate surface area is 129 Å². The molecule has 1 N–H and O–H groups in total. The number of nitrogens with one attached hydrogen (secondary N) is 1. The zero-order valence-electron chi connectivity index (χ0n) is 13.9. The van der Waals surface area contributed by atoms with E-state index in [2.05, 4.69) is 37.3 Å². The first-order chi connectivity index (χ1) is 10.2. The second-order valence-electron chi connectivity index (χ2n) is 6.63. The lowest BCUT2D eigenvalue weighted by Crippen LogP contribution is -2.32. The first-order valence-electron chi connectivity index (χ1n) is 8.38. The van der Waals surface area contributed by atoms with E-state index in [1.807, 2.05) is 19.3 Å². The van der Waals surface area contributed by atoms with Gasteiger partial charge in [-0.05, 0) is 75.1 Å². The summed E-state index contributed by atoms with van der Waals surface area (Å²) in [6.45, 7) is 8.52. The number of ether oxygens (including phenoxy) is 1. The molecule has 2 rings (SSSR count). The van der Waals surface area contributed by atoms with Crippen LogP contribution in [0.2, 0.25) is 0 Å². The van der Waals surface area contributed by atoms with Crippen LogP contribution >= 0.6 is 0 Å². The second kappa shape index (κ2) is 7.79. The number of hydrogen-bond donors (Lipinski definition) is 1. The molecule has 1 aromatic rings. The van der Waals surface area contributed by atoms with Crippen LogP contribution in [0, 0.1) is 17.8 Å². The van der Waals surface area contributed by atoms with Crippen LogP contribution in [0.3, 0.4) is 0 Å². The van der Waals surface area contributed by atoms with Gasteiger partial charge in [0, 0.05) is 6.20 Å². The number of hydrogen-bond acceptors (Lipinski definition) is 3. The zero-order chi connectivity index (χ0) is 15.2. The molecular formula is C18H30N2O. The summed E-state index contributed by atoms with van der Waals surface area (Å²) in [5.41, 5.74) is 1.35. The lowest BCUT2D eigenvalue weighted by atomic mass is 9.68. The number of rotatable bonds is 6. The van der Waals surface area contributed by atoms with Crippen molar-refractivity contribution in [1.29, 1.82) is 0 Å². The maximum Gasteiger partial charge on any atom is 0.137 e. The van der Waals surface area contributed by atoms with Crippen molar-refractivity contribution in [2.45, 2.75) is 46.0 Å². The van der Waals surface area contributed by atoms with Crippen LogP contribution in [-0.4, -0.2) is 25.2 Å². The summed E-state index contributed by atoms with van der Waals surface area (Å²) >= 11 is 0. The normalized spacial score (nSPS) is 26.0. The van der Waals surface area contributed by atoms with E-state index in [-0.39, 0.29) is 0 Å². The van der Waals surface area contributed by atoms with Gasteiger partial charge < -0.3 is 10.1 Å². The smallest absolute Gasteiger partial charge is 0.137 e. The van der Waals surface area contributed by atoms with Crippen LogP contribution in [0.4, 0.5) is 0 Å². The fourth-order valence-corrected chi connectivity index (χ4v) is 3.67. The molecule has 3 nitrogen and oxygen atoms in total. The Bertz CT molecular complexity index is 433. The van der Waals surface area contributed by atoms with E-state index in [1.54, 1.807) is 0 Å². The molecule has 1 fully saturated rings. The lowest BCUT2D eigenvalue weighted by molar-refractivity contribution is 0.192. The SMILES string of the molecule is CCOc1cncc(C2CC(C(C)C)CCC2CNC)c1. The molecule has 21 heavy (non-hydrogen) atoms. The lowest BCUT2D eigenvalue weighted by Gasteiger charge is -2.38. The minimum absolute atomic E-state index is 0.603. The Morgan fingerprint density at radius 3 is 2.81 bits per heavy atom. The van der Waals surface area contributed by atoms with Crippen molar-refractivity contribution in [2.75, 3.05) is 20.2 Å². The first-order valence-corrected chi connectivity index (χ1v) is 8.38. The number of pyridine rings is 1. The van der Waals surface area contributed by atoms with Gasteiger partial charge >= 0.3 is 0 Å². The van der Waals surface area contributed by atoms with Gasteiger partial charge in [0.1, 0.15) is 5.75 Å². The Balaban J connectivity index is 2.19. The molecule has 3 atom stereocenters. The van der Waals surface area contributed by atoms with Gasteiger partial charge in [0.25, 0.3) is 0 Å². The van der Waals surface area contributed by atoms with Crippen LogP contribution in [0.1, 0.15) is 51.5 Å². The maximum atomic E-state index is 5.63. The Kier molecular flexibility index (Phi) is 6.04. The molecule has 118 valence electrons. The van der Waals surface area contributed by atoms with E-state index in [0.717, 1.165) is 24.1 Å². The van der Waals surface area contributed by atoms with Gasteiger partial charge in [0.15, 0.2) is 0 Å². The highest BCUT2D eigenvalue weighted by Gasteiger charge is 2.32. The largest absolute Gasteiger partial charge is 0.492 e. The number of nitrogens with zero attached hydrogens (tertiary/aromatic N) is 1. The van der Waals surface area contributed by atoms with E-state index < -0.39 is 0 Å². The van der Waals surface area contributed by atoms with Crippen molar-refractivity contribution in [3.8, 4) is 5.75 Å². The van der Waals surface area contributed by atoms with Crippen molar-refractivity contribution < 1.29 is 4.74 Å². The average molecular weight is 290 g/mol. The third-order valence-electron chi connectivity index (χ3n) is 4.92. The minimum atomic E-state index is 0.603. The van der Waals surface area contributed by atoms with E-state index in [1.165, 1.54) is 24.8 Å². The molecule has 0 aromatic carbocycles. The molecule has 3 unspecified atom stereocenters. The molecule has 1 aromatic heterocycles. The van der Waals surface area contributed by atoms with E-state index in [9.17, 15) is 0 Å². The Morgan fingerprint density at radius 1 is 1.33 bits per heavy atom. The van der Waals surface area contributed by atoms with Crippen molar-refractivity contribution in [3.63, 3.8) is 0 Å². The van der Waals surface area contributed by atoms with Crippen molar-refractivity contribution in [1.82, 2.24) is 10.3 Å². The summed E-state index contributed by atoms with van der Waals surface area (Å²) in [6.07, 6.45) is 7.81. The van der Waals surface area contributed by atoms with Gasteiger partial charge in [-0.15, -0.1) is 0 Å². The highest BCUT2D eigenvalue weighted by molar-refractivity contribution is 5.27. The third-order valence-corrected chi connectivity index (χ3v) is 4.92. The molecule has 1 aliphatic rings. The topological polar surface area (TPSA) is 34.1 Å². The molecule has 0 bridgehead atoms. The van der Waals surface area contributed by atoms with Gasteiger partial charge in [0.05, 0.1) is 12.8 Å². The summed E-state index contributed by atoms with van der Waals surface area (Å²) in [6, 6.07) is 2.20. The van der Waals surface area contributed by atoms with Gasteiger partial charge in [-0.2, -0.15) is 0 Å². The first kappa shape index (κ1) is 16.3. The second-order valence-corrected chi connectivity index (χ2v) is 6.63. The molecular weight excluding hydrogens is 260 g/mol. The highest BCUT2D eigenvalue weighted by atomic mass is 16.5. The molecule has 0 spiro atoms. The molecule has 0 radical (unpaired) electrons. The molecule has 1 aliphatic carbocycles. The van der Waals surface area contributed by atoms with Crippen molar-refractivity contribution in [3.05, 3.63) is 24.0 Å². The highest BCUT2D eigenvalue weighted by Crippen LogP contribution is 2.43. The van der Waals surface area contributed by atoms with Crippen LogP contribution in [0.15, 0.2) is 18.5 Å². The Morgan fingerprint density at radius 2 is 2.14 bits per heavy atom. The summed E-state index contributed by atoms with van der Waals surface area (Å²) in [4.78, 5) is 4.40. The standard InChI is InChI=1S/C18H30N2O/c1-5-21-17-8-16(11-20-12-17)18-9-14(13(2)3)6-7-15(18)10-19-4/h8,11-15,18-19H,5-7,9-10H2,1-4H3.